The highest BCUT2D eigenvalue weighted by Gasteiger charge is 2.18. The molecule has 6 nitrogen and oxygen atoms in total. The average Bonchev–Trinajstić information content (AvgIpc) is 3.09. The van der Waals surface area contributed by atoms with E-state index in [-0.39, 0.29) is 11.3 Å². The molecular weight excluding hydrogens is 373 g/mol. The molecule has 2 aromatic carbocycles. The number of halogens is 1. The van der Waals surface area contributed by atoms with Gasteiger partial charge in [0.25, 0.3) is 5.91 Å². The summed E-state index contributed by atoms with van der Waals surface area (Å²) >= 11 is 0. The Bertz CT molecular complexity index is 1220. The van der Waals surface area contributed by atoms with E-state index in [0.717, 1.165) is 28.7 Å². The molecule has 0 aliphatic carbocycles. The van der Waals surface area contributed by atoms with Gasteiger partial charge in [-0.05, 0) is 36.4 Å². The van der Waals surface area contributed by atoms with E-state index >= 15 is 0 Å². The van der Waals surface area contributed by atoms with Crippen LogP contribution in [0.3, 0.4) is 0 Å². The Hall–Kier alpha value is -4.00. The number of carboxylic acids is 1. The molecule has 0 saturated carbocycles. The van der Waals surface area contributed by atoms with Gasteiger partial charge in [0.2, 0.25) is 0 Å². The summed E-state index contributed by atoms with van der Waals surface area (Å²) in [6, 6.07) is 16.3. The zero-order chi connectivity index (χ0) is 20.4. The second kappa shape index (κ2) is 7.55. The molecule has 7 heteroatoms. The Labute approximate surface area is 165 Å². The van der Waals surface area contributed by atoms with E-state index in [1.165, 1.54) is 6.07 Å². The van der Waals surface area contributed by atoms with E-state index < -0.39 is 17.7 Å². The number of carbonyl (C=O) groups is 2. The van der Waals surface area contributed by atoms with Crippen LogP contribution >= 0.6 is 0 Å². The van der Waals surface area contributed by atoms with Gasteiger partial charge >= 0.3 is 5.97 Å². The first-order valence-electron chi connectivity index (χ1n) is 8.85. The van der Waals surface area contributed by atoms with Crippen LogP contribution in [0.4, 0.5) is 10.1 Å². The molecule has 29 heavy (non-hydrogen) atoms. The third-order valence-electron chi connectivity index (χ3n) is 4.55. The summed E-state index contributed by atoms with van der Waals surface area (Å²) in [5, 5.41) is 12.6. The van der Waals surface area contributed by atoms with Gasteiger partial charge in [0.1, 0.15) is 5.82 Å². The number of pyridine rings is 1. The normalized spacial score (nSPS) is 10.8. The fourth-order valence-electron chi connectivity index (χ4n) is 3.22. The topological polar surface area (TPSA) is 84.2 Å². The zero-order valence-corrected chi connectivity index (χ0v) is 15.2. The van der Waals surface area contributed by atoms with Gasteiger partial charge in [-0.25, -0.2) is 9.18 Å². The molecule has 0 aliphatic heterocycles. The van der Waals surface area contributed by atoms with Crippen molar-refractivity contribution in [1.82, 2.24) is 9.55 Å². The van der Waals surface area contributed by atoms with E-state index in [4.69, 9.17) is 0 Å². The first kappa shape index (κ1) is 18.4. The van der Waals surface area contributed by atoms with Crippen molar-refractivity contribution in [3.8, 4) is 0 Å². The van der Waals surface area contributed by atoms with Crippen LogP contribution in [0.5, 0.6) is 0 Å². The maximum absolute atomic E-state index is 13.4. The molecule has 4 rings (SSSR count). The van der Waals surface area contributed by atoms with E-state index in [2.05, 4.69) is 10.3 Å². The third-order valence-corrected chi connectivity index (χ3v) is 4.55. The van der Waals surface area contributed by atoms with Crippen LogP contribution in [-0.4, -0.2) is 26.5 Å². The van der Waals surface area contributed by atoms with Crippen LogP contribution in [0.1, 0.15) is 26.4 Å². The molecule has 1 amide bonds. The highest BCUT2D eigenvalue weighted by molar-refractivity contribution is 6.14. The predicted molar refractivity (Wildman–Crippen MR) is 107 cm³/mol. The van der Waals surface area contributed by atoms with Crippen LogP contribution < -0.4 is 5.32 Å². The summed E-state index contributed by atoms with van der Waals surface area (Å²) in [7, 11) is 0. The van der Waals surface area contributed by atoms with Gasteiger partial charge in [0.15, 0.2) is 0 Å². The fourth-order valence-corrected chi connectivity index (χ4v) is 3.22. The molecule has 0 saturated heterocycles. The van der Waals surface area contributed by atoms with Gasteiger partial charge in [-0.15, -0.1) is 0 Å². The molecule has 2 N–H and O–H groups in total. The number of nitrogens with zero attached hydrogens (tertiary/aromatic N) is 2. The summed E-state index contributed by atoms with van der Waals surface area (Å²) in [4.78, 5) is 28.6. The average molecular weight is 389 g/mol. The Morgan fingerprint density at radius 3 is 2.59 bits per heavy atom. The van der Waals surface area contributed by atoms with Crippen molar-refractivity contribution in [1.29, 1.82) is 0 Å². The van der Waals surface area contributed by atoms with Gasteiger partial charge in [-0.1, -0.05) is 24.3 Å². The Balaban J connectivity index is 1.71. The van der Waals surface area contributed by atoms with Crippen molar-refractivity contribution in [3.05, 3.63) is 95.7 Å². The van der Waals surface area contributed by atoms with E-state index in [9.17, 15) is 19.1 Å². The Morgan fingerprint density at radius 1 is 1.03 bits per heavy atom. The first-order valence-corrected chi connectivity index (χ1v) is 8.85. The largest absolute Gasteiger partial charge is 0.478 e. The van der Waals surface area contributed by atoms with Gasteiger partial charge in [-0.2, -0.15) is 0 Å². The summed E-state index contributed by atoms with van der Waals surface area (Å²) in [6.07, 6.45) is 3.41. The fraction of sp³-hybridized carbons (Fsp3) is 0.0455. The van der Waals surface area contributed by atoms with Gasteiger partial charge in [-0.3, -0.25) is 9.78 Å². The second-order valence-electron chi connectivity index (χ2n) is 6.46. The van der Waals surface area contributed by atoms with E-state index in [1.54, 1.807) is 12.4 Å². The lowest BCUT2D eigenvalue weighted by molar-refractivity contribution is 0.0697. The van der Waals surface area contributed by atoms with Crippen molar-refractivity contribution in [3.63, 3.8) is 0 Å². The maximum Gasteiger partial charge on any atom is 0.337 e. The second-order valence-corrected chi connectivity index (χ2v) is 6.46. The Morgan fingerprint density at radius 2 is 1.83 bits per heavy atom. The number of para-hydroxylation sites is 1. The van der Waals surface area contributed by atoms with E-state index in [0.29, 0.717) is 12.1 Å². The number of carbonyl (C=O) groups excluding carboxylic acids is 1. The van der Waals surface area contributed by atoms with E-state index in [1.807, 2.05) is 47.0 Å². The third kappa shape index (κ3) is 3.70. The number of hydrogen-bond acceptors (Lipinski definition) is 3. The SMILES string of the molecule is O=C(O)c1cc(F)ccc1NC(=O)c1cn(Cc2ccccn2)c2ccccc12. The molecule has 0 spiro atoms. The number of fused-ring (bicyclic) bond motifs is 1. The standard InChI is InChI=1S/C22H16FN3O3/c23-14-8-9-19(17(11-14)22(28)29)25-21(27)18-13-26(12-15-5-3-4-10-24-15)20-7-2-1-6-16(18)20/h1-11,13H,12H2,(H,25,27)(H,28,29). The van der Waals surface area contributed by atoms with Crippen molar-refractivity contribution in [2.24, 2.45) is 0 Å². The number of hydrogen-bond donors (Lipinski definition) is 2. The van der Waals surface area contributed by atoms with Gasteiger partial charge < -0.3 is 15.0 Å². The molecule has 144 valence electrons. The zero-order valence-electron chi connectivity index (χ0n) is 15.2. The van der Waals surface area contributed by atoms with Gasteiger partial charge in [0, 0.05) is 23.3 Å². The molecule has 2 heterocycles. The molecule has 4 aromatic rings. The highest BCUT2D eigenvalue weighted by atomic mass is 19.1. The number of aromatic nitrogens is 2. The molecular formula is C22H16FN3O3. The van der Waals surface area contributed by atoms with Crippen molar-refractivity contribution < 1.29 is 19.1 Å². The number of anilines is 1. The molecule has 0 unspecified atom stereocenters. The minimum Gasteiger partial charge on any atom is -0.478 e. The van der Waals surface area contributed by atoms with Crippen molar-refractivity contribution in [2.45, 2.75) is 6.54 Å². The van der Waals surface area contributed by atoms with Gasteiger partial charge in [0.05, 0.1) is 29.1 Å². The molecule has 0 aliphatic rings. The minimum atomic E-state index is -1.32. The molecule has 0 atom stereocenters. The number of nitrogens with one attached hydrogen (secondary N) is 1. The number of benzene rings is 2. The van der Waals surface area contributed by atoms with Crippen LogP contribution in [-0.2, 0) is 6.54 Å². The summed E-state index contributed by atoms with van der Waals surface area (Å²) in [5.74, 6) is -2.49. The molecule has 0 bridgehead atoms. The monoisotopic (exact) mass is 389 g/mol. The molecule has 0 radical (unpaired) electrons. The highest BCUT2D eigenvalue weighted by Crippen LogP contribution is 2.24. The number of aromatic carboxylic acids is 1. The lowest BCUT2D eigenvalue weighted by Gasteiger charge is -2.08. The number of carboxylic acid groups (broad SMARTS) is 1. The maximum atomic E-state index is 13.4. The summed E-state index contributed by atoms with van der Waals surface area (Å²) in [5.41, 5.74) is 1.80. The first-order chi connectivity index (χ1) is 14.0. The predicted octanol–water partition coefficient (Wildman–Crippen LogP) is 4.17. The number of amides is 1. The smallest absolute Gasteiger partial charge is 0.337 e. The molecule has 0 fully saturated rings. The lowest BCUT2D eigenvalue weighted by atomic mass is 10.1. The molecule has 2 aromatic heterocycles. The van der Waals surface area contributed by atoms with Crippen molar-refractivity contribution >= 4 is 28.5 Å². The summed E-state index contributed by atoms with van der Waals surface area (Å²) in [6.45, 7) is 0.478. The Kier molecular flexibility index (Phi) is 4.78. The minimum absolute atomic E-state index is 0.0328. The van der Waals surface area contributed by atoms with Crippen LogP contribution in [0.15, 0.2) is 73.1 Å². The number of rotatable bonds is 5. The van der Waals surface area contributed by atoms with Crippen LogP contribution in [0.2, 0.25) is 0 Å². The lowest BCUT2D eigenvalue weighted by Crippen LogP contribution is -2.15. The van der Waals surface area contributed by atoms with Crippen LogP contribution in [0, 0.1) is 5.82 Å². The van der Waals surface area contributed by atoms with Crippen LogP contribution in [0.25, 0.3) is 10.9 Å². The van der Waals surface area contributed by atoms with Crippen molar-refractivity contribution in [2.75, 3.05) is 5.32 Å². The summed E-state index contributed by atoms with van der Waals surface area (Å²) < 4.78 is 15.3. The quantitative estimate of drug-likeness (QED) is 0.536.